The van der Waals surface area contributed by atoms with Gasteiger partial charge in [-0.3, -0.25) is 4.99 Å². The van der Waals surface area contributed by atoms with Crippen LogP contribution in [-0.2, 0) is 0 Å². The Morgan fingerprint density at radius 3 is 2.38 bits per heavy atom. The number of benzene rings is 1. The fourth-order valence-corrected chi connectivity index (χ4v) is 2.19. The molecule has 0 spiro atoms. The van der Waals surface area contributed by atoms with Crippen molar-refractivity contribution in [1.82, 2.24) is 15.5 Å². The van der Waals surface area contributed by atoms with Gasteiger partial charge in [-0.25, -0.2) is 0 Å². The Labute approximate surface area is 129 Å². The molecule has 0 aliphatic rings. The maximum absolute atomic E-state index is 4.67. The predicted molar refractivity (Wildman–Crippen MR) is 91.8 cm³/mol. The van der Waals surface area contributed by atoms with Gasteiger partial charge in [0.05, 0.1) is 12.6 Å². The van der Waals surface area contributed by atoms with Crippen molar-refractivity contribution in [3.8, 4) is 0 Å². The molecule has 1 aromatic rings. The normalized spacial score (nSPS) is 13.3. The molecule has 0 aromatic heterocycles. The van der Waals surface area contributed by atoms with Gasteiger partial charge in [0.15, 0.2) is 5.96 Å². The van der Waals surface area contributed by atoms with Crippen LogP contribution in [0.3, 0.4) is 0 Å². The lowest BCUT2D eigenvalue weighted by Crippen LogP contribution is -2.39. The maximum atomic E-state index is 4.67. The zero-order valence-electron chi connectivity index (χ0n) is 13.9. The molecule has 21 heavy (non-hydrogen) atoms. The van der Waals surface area contributed by atoms with Gasteiger partial charge in [-0.15, -0.1) is 0 Å². The van der Waals surface area contributed by atoms with Crippen LogP contribution in [-0.4, -0.2) is 43.6 Å². The van der Waals surface area contributed by atoms with E-state index in [1.807, 2.05) is 6.07 Å². The first-order chi connectivity index (χ1) is 10.2. The fourth-order valence-electron chi connectivity index (χ4n) is 2.19. The van der Waals surface area contributed by atoms with Crippen LogP contribution in [0.5, 0.6) is 0 Å². The van der Waals surface area contributed by atoms with Crippen molar-refractivity contribution in [1.29, 1.82) is 0 Å². The molecule has 1 atom stereocenters. The molecule has 0 heterocycles. The minimum absolute atomic E-state index is 0.248. The Bertz CT molecular complexity index is 399. The summed E-state index contributed by atoms with van der Waals surface area (Å²) in [4.78, 5) is 7.05. The first-order valence-corrected chi connectivity index (χ1v) is 8.03. The molecule has 0 radical (unpaired) electrons. The van der Waals surface area contributed by atoms with Gasteiger partial charge in [-0.2, -0.15) is 0 Å². The third kappa shape index (κ3) is 6.63. The van der Waals surface area contributed by atoms with Crippen LogP contribution >= 0.6 is 0 Å². The zero-order chi connectivity index (χ0) is 15.5. The van der Waals surface area contributed by atoms with E-state index in [9.17, 15) is 0 Å². The van der Waals surface area contributed by atoms with Crippen LogP contribution in [0, 0.1) is 0 Å². The van der Waals surface area contributed by atoms with E-state index >= 15 is 0 Å². The molecule has 1 unspecified atom stereocenters. The minimum atomic E-state index is 0.248. The van der Waals surface area contributed by atoms with Gasteiger partial charge in [0, 0.05) is 13.1 Å². The number of likely N-dealkylation sites (N-methyl/N-ethyl adjacent to an activating group) is 1. The summed E-state index contributed by atoms with van der Waals surface area (Å²) in [5.41, 5.74) is 1.27. The SMILES string of the molecule is CCNC(=NCCN(CC)CC)NC(C)c1ccccc1. The summed E-state index contributed by atoms with van der Waals surface area (Å²) in [5, 5.41) is 6.78. The van der Waals surface area contributed by atoms with Crippen molar-refractivity contribution in [2.45, 2.75) is 33.7 Å². The molecule has 2 N–H and O–H groups in total. The molecule has 0 bridgehead atoms. The summed E-state index contributed by atoms with van der Waals surface area (Å²) in [5.74, 6) is 0.890. The number of rotatable bonds is 8. The molecule has 1 aromatic carbocycles. The van der Waals surface area contributed by atoms with E-state index in [1.165, 1.54) is 5.56 Å². The molecule has 0 aliphatic heterocycles. The van der Waals surface area contributed by atoms with E-state index in [1.54, 1.807) is 0 Å². The molecule has 0 saturated heterocycles. The molecule has 1 rings (SSSR count). The van der Waals surface area contributed by atoms with Crippen LogP contribution in [0.15, 0.2) is 35.3 Å². The number of hydrogen-bond donors (Lipinski definition) is 2. The Balaban J connectivity index is 2.56. The largest absolute Gasteiger partial charge is 0.357 e. The van der Waals surface area contributed by atoms with Crippen molar-refractivity contribution in [3.63, 3.8) is 0 Å². The molecular formula is C17H30N4. The molecule has 118 valence electrons. The Kier molecular flexibility index (Phi) is 8.51. The second-order valence-corrected chi connectivity index (χ2v) is 5.06. The maximum Gasteiger partial charge on any atom is 0.191 e. The van der Waals surface area contributed by atoms with Gasteiger partial charge in [0.1, 0.15) is 0 Å². The number of aliphatic imine (C=N–C) groups is 1. The van der Waals surface area contributed by atoms with Crippen LogP contribution in [0.4, 0.5) is 0 Å². The van der Waals surface area contributed by atoms with Gasteiger partial charge in [-0.1, -0.05) is 44.2 Å². The van der Waals surface area contributed by atoms with Crippen LogP contribution in [0.25, 0.3) is 0 Å². The molecule has 4 nitrogen and oxygen atoms in total. The van der Waals surface area contributed by atoms with Crippen molar-refractivity contribution < 1.29 is 0 Å². The van der Waals surface area contributed by atoms with Gasteiger partial charge < -0.3 is 15.5 Å². The van der Waals surface area contributed by atoms with E-state index in [0.29, 0.717) is 0 Å². The lowest BCUT2D eigenvalue weighted by molar-refractivity contribution is 0.313. The number of guanidine groups is 1. The van der Waals surface area contributed by atoms with Crippen LogP contribution in [0.1, 0.15) is 39.3 Å². The second-order valence-electron chi connectivity index (χ2n) is 5.06. The molecular weight excluding hydrogens is 260 g/mol. The topological polar surface area (TPSA) is 39.7 Å². The van der Waals surface area contributed by atoms with Crippen molar-refractivity contribution in [3.05, 3.63) is 35.9 Å². The summed E-state index contributed by atoms with van der Waals surface area (Å²) in [6.07, 6.45) is 0. The summed E-state index contributed by atoms with van der Waals surface area (Å²) in [6, 6.07) is 10.7. The first-order valence-electron chi connectivity index (χ1n) is 8.03. The first kappa shape index (κ1) is 17.5. The van der Waals surface area contributed by atoms with Crippen molar-refractivity contribution in [2.75, 3.05) is 32.7 Å². The van der Waals surface area contributed by atoms with Crippen molar-refractivity contribution in [2.24, 2.45) is 4.99 Å². The second kappa shape index (κ2) is 10.2. The minimum Gasteiger partial charge on any atom is -0.357 e. The highest BCUT2D eigenvalue weighted by molar-refractivity contribution is 5.80. The van der Waals surface area contributed by atoms with Gasteiger partial charge in [0.25, 0.3) is 0 Å². The summed E-state index contributed by atoms with van der Waals surface area (Å²) in [6.45, 7) is 13.5. The molecule has 0 fully saturated rings. The van der Waals surface area contributed by atoms with E-state index in [2.05, 4.69) is 72.5 Å². The van der Waals surface area contributed by atoms with Gasteiger partial charge >= 0.3 is 0 Å². The smallest absolute Gasteiger partial charge is 0.191 e. The predicted octanol–water partition coefficient (Wildman–Crippen LogP) is 2.64. The Hall–Kier alpha value is -1.55. The molecule has 0 aliphatic carbocycles. The van der Waals surface area contributed by atoms with E-state index in [0.717, 1.165) is 38.7 Å². The summed E-state index contributed by atoms with van der Waals surface area (Å²) in [7, 11) is 0. The summed E-state index contributed by atoms with van der Waals surface area (Å²) >= 11 is 0. The van der Waals surface area contributed by atoms with Crippen LogP contribution in [0.2, 0.25) is 0 Å². The third-order valence-electron chi connectivity index (χ3n) is 3.58. The fraction of sp³-hybridized carbons (Fsp3) is 0.588. The van der Waals surface area contributed by atoms with E-state index in [-0.39, 0.29) is 6.04 Å². The quantitative estimate of drug-likeness (QED) is 0.571. The number of hydrogen-bond acceptors (Lipinski definition) is 2. The van der Waals surface area contributed by atoms with Gasteiger partial charge in [0.2, 0.25) is 0 Å². The highest BCUT2D eigenvalue weighted by atomic mass is 15.2. The monoisotopic (exact) mass is 290 g/mol. The standard InChI is InChI=1S/C17H30N4/c1-5-18-17(19-13-14-21(6-2)7-3)20-15(4)16-11-9-8-10-12-16/h8-12,15H,5-7,13-14H2,1-4H3,(H2,18,19,20). The molecule has 0 saturated carbocycles. The van der Waals surface area contributed by atoms with E-state index < -0.39 is 0 Å². The Morgan fingerprint density at radius 2 is 1.81 bits per heavy atom. The van der Waals surface area contributed by atoms with E-state index in [4.69, 9.17) is 0 Å². The van der Waals surface area contributed by atoms with Crippen LogP contribution < -0.4 is 10.6 Å². The molecule has 0 amide bonds. The Morgan fingerprint density at radius 1 is 1.14 bits per heavy atom. The summed E-state index contributed by atoms with van der Waals surface area (Å²) < 4.78 is 0. The average molecular weight is 290 g/mol. The van der Waals surface area contributed by atoms with Crippen molar-refractivity contribution >= 4 is 5.96 Å². The third-order valence-corrected chi connectivity index (χ3v) is 3.58. The molecule has 4 heteroatoms. The number of nitrogens with zero attached hydrogens (tertiary/aromatic N) is 2. The lowest BCUT2D eigenvalue weighted by atomic mass is 10.1. The highest BCUT2D eigenvalue weighted by Gasteiger charge is 2.07. The number of nitrogens with one attached hydrogen (secondary N) is 2. The lowest BCUT2D eigenvalue weighted by Gasteiger charge is -2.19. The highest BCUT2D eigenvalue weighted by Crippen LogP contribution is 2.10. The zero-order valence-corrected chi connectivity index (χ0v) is 13.9. The van der Waals surface area contributed by atoms with Gasteiger partial charge in [-0.05, 0) is 32.5 Å². The average Bonchev–Trinajstić information content (AvgIpc) is 2.52.